The van der Waals surface area contributed by atoms with E-state index in [0.717, 1.165) is 39.1 Å². The van der Waals surface area contributed by atoms with Gasteiger partial charge in [-0.1, -0.05) is 42.5 Å². The van der Waals surface area contributed by atoms with E-state index in [9.17, 15) is 4.79 Å². The van der Waals surface area contributed by atoms with Crippen LogP contribution in [0.1, 0.15) is 15.9 Å². The lowest BCUT2D eigenvalue weighted by Gasteiger charge is -2.35. The van der Waals surface area contributed by atoms with Crippen LogP contribution in [-0.2, 0) is 6.42 Å². The highest BCUT2D eigenvalue weighted by Gasteiger charge is 2.23. The first kappa shape index (κ1) is 16.5. The molecule has 0 aromatic heterocycles. The zero-order valence-corrected chi connectivity index (χ0v) is 14.1. The molecule has 0 saturated carbocycles. The summed E-state index contributed by atoms with van der Waals surface area (Å²) in [4.78, 5) is 17.0. The number of amides is 1. The first-order valence-electron chi connectivity index (χ1n) is 8.46. The molecule has 3 rings (SSSR count). The van der Waals surface area contributed by atoms with Crippen molar-refractivity contribution >= 4 is 5.91 Å². The van der Waals surface area contributed by atoms with Crippen molar-refractivity contribution in [3.8, 4) is 5.75 Å². The van der Waals surface area contributed by atoms with Crippen molar-refractivity contribution in [3.63, 3.8) is 0 Å². The molecule has 0 spiro atoms. The van der Waals surface area contributed by atoms with Gasteiger partial charge in [0, 0.05) is 32.7 Å². The van der Waals surface area contributed by atoms with Gasteiger partial charge in [-0.05, 0) is 24.1 Å². The van der Waals surface area contributed by atoms with Gasteiger partial charge in [0.15, 0.2) is 0 Å². The van der Waals surface area contributed by atoms with Crippen LogP contribution in [0.4, 0.5) is 0 Å². The topological polar surface area (TPSA) is 32.8 Å². The highest BCUT2D eigenvalue weighted by molar-refractivity contribution is 5.97. The molecule has 0 N–H and O–H groups in total. The zero-order valence-electron chi connectivity index (χ0n) is 14.1. The maximum atomic E-state index is 12.7. The first-order chi connectivity index (χ1) is 11.8. The Hall–Kier alpha value is -2.33. The standard InChI is InChI=1S/C20H24N2O2/c1-24-19-10-6-5-9-18(19)20(23)22-15-13-21(14-16-22)12-11-17-7-3-2-4-8-17/h2-10H,11-16H2,1H3. The fourth-order valence-corrected chi connectivity index (χ4v) is 3.10. The Morgan fingerprint density at radius 2 is 1.62 bits per heavy atom. The molecule has 1 saturated heterocycles. The average Bonchev–Trinajstić information content (AvgIpc) is 2.67. The summed E-state index contributed by atoms with van der Waals surface area (Å²) >= 11 is 0. The highest BCUT2D eigenvalue weighted by Crippen LogP contribution is 2.20. The van der Waals surface area contributed by atoms with Crippen molar-refractivity contribution in [1.82, 2.24) is 9.80 Å². The quantitative estimate of drug-likeness (QED) is 0.848. The maximum Gasteiger partial charge on any atom is 0.257 e. The molecule has 126 valence electrons. The Balaban J connectivity index is 1.52. The number of para-hydroxylation sites is 1. The Morgan fingerprint density at radius 3 is 2.33 bits per heavy atom. The smallest absolute Gasteiger partial charge is 0.257 e. The fourth-order valence-electron chi connectivity index (χ4n) is 3.10. The summed E-state index contributed by atoms with van der Waals surface area (Å²) in [6, 6.07) is 18.0. The minimum atomic E-state index is 0.0650. The number of hydrogen-bond acceptors (Lipinski definition) is 3. The van der Waals surface area contributed by atoms with Crippen molar-refractivity contribution in [2.24, 2.45) is 0 Å². The molecule has 0 unspecified atom stereocenters. The van der Waals surface area contributed by atoms with E-state index in [1.54, 1.807) is 7.11 Å². The molecule has 1 heterocycles. The third kappa shape index (κ3) is 3.95. The number of methoxy groups -OCH3 is 1. The van der Waals surface area contributed by atoms with Crippen molar-refractivity contribution in [2.75, 3.05) is 39.8 Å². The minimum Gasteiger partial charge on any atom is -0.496 e. The summed E-state index contributed by atoms with van der Waals surface area (Å²) in [7, 11) is 1.60. The van der Waals surface area contributed by atoms with Crippen LogP contribution in [0.3, 0.4) is 0 Å². The van der Waals surface area contributed by atoms with Crippen molar-refractivity contribution in [3.05, 3.63) is 65.7 Å². The van der Waals surface area contributed by atoms with Crippen molar-refractivity contribution in [2.45, 2.75) is 6.42 Å². The summed E-state index contributed by atoms with van der Waals surface area (Å²) in [5, 5.41) is 0. The average molecular weight is 324 g/mol. The second kappa shape index (κ2) is 7.97. The van der Waals surface area contributed by atoms with Gasteiger partial charge >= 0.3 is 0 Å². The SMILES string of the molecule is COc1ccccc1C(=O)N1CCN(CCc2ccccc2)CC1. The van der Waals surface area contributed by atoms with Gasteiger partial charge in [0.1, 0.15) is 5.75 Å². The van der Waals surface area contributed by atoms with Crippen LogP contribution < -0.4 is 4.74 Å². The number of carbonyl (C=O) groups excluding carboxylic acids is 1. The van der Waals surface area contributed by atoms with Gasteiger partial charge in [0.25, 0.3) is 5.91 Å². The monoisotopic (exact) mass is 324 g/mol. The number of rotatable bonds is 5. The molecule has 1 aliphatic rings. The molecule has 24 heavy (non-hydrogen) atoms. The lowest BCUT2D eigenvalue weighted by atomic mass is 10.1. The molecule has 2 aromatic rings. The maximum absolute atomic E-state index is 12.7. The Kier molecular flexibility index (Phi) is 5.49. The lowest BCUT2D eigenvalue weighted by molar-refractivity contribution is 0.0635. The van der Waals surface area contributed by atoms with Gasteiger partial charge in [-0.15, -0.1) is 0 Å². The summed E-state index contributed by atoms with van der Waals surface area (Å²) in [5.41, 5.74) is 2.02. The van der Waals surface area contributed by atoms with Gasteiger partial charge in [0.05, 0.1) is 12.7 Å². The fraction of sp³-hybridized carbons (Fsp3) is 0.350. The molecule has 0 bridgehead atoms. The van der Waals surface area contributed by atoms with E-state index in [0.29, 0.717) is 11.3 Å². The third-order valence-corrected chi connectivity index (χ3v) is 4.56. The summed E-state index contributed by atoms with van der Waals surface area (Å²) in [6.45, 7) is 4.43. The van der Waals surface area contributed by atoms with Crippen molar-refractivity contribution < 1.29 is 9.53 Å². The second-order valence-electron chi connectivity index (χ2n) is 6.07. The Morgan fingerprint density at radius 1 is 0.958 bits per heavy atom. The normalized spacial score (nSPS) is 15.3. The summed E-state index contributed by atoms with van der Waals surface area (Å²) in [6.07, 6.45) is 1.06. The van der Waals surface area contributed by atoms with Crippen LogP contribution in [0.25, 0.3) is 0 Å². The minimum absolute atomic E-state index is 0.0650. The van der Waals surface area contributed by atoms with E-state index in [1.165, 1.54) is 5.56 Å². The largest absolute Gasteiger partial charge is 0.496 e. The molecule has 0 radical (unpaired) electrons. The highest BCUT2D eigenvalue weighted by atomic mass is 16.5. The van der Waals surface area contributed by atoms with E-state index in [2.05, 4.69) is 29.2 Å². The van der Waals surface area contributed by atoms with Crippen LogP contribution in [0.2, 0.25) is 0 Å². The number of piperazine rings is 1. The van der Waals surface area contributed by atoms with Crippen LogP contribution in [-0.4, -0.2) is 55.5 Å². The molecule has 1 aliphatic heterocycles. The zero-order chi connectivity index (χ0) is 16.8. The second-order valence-corrected chi connectivity index (χ2v) is 6.07. The van der Waals surface area contributed by atoms with Gasteiger partial charge in [-0.2, -0.15) is 0 Å². The van der Waals surface area contributed by atoms with Crippen LogP contribution in [0.5, 0.6) is 5.75 Å². The summed E-state index contributed by atoms with van der Waals surface area (Å²) in [5.74, 6) is 0.712. The molecule has 2 aromatic carbocycles. The molecule has 0 atom stereocenters. The van der Waals surface area contributed by atoms with E-state index in [4.69, 9.17) is 4.74 Å². The third-order valence-electron chi connectivity index (χ3n) is 4.56. The molecular weight excluding hydrogens is 300 g/mol. The van der Waals surface area contributed by atoms with Gasteiger partial charge < -0.3 is 9.64 Å². The first-order valence-corrected chi connectivity index (χ1v) is 8.46. The molecule has 4 nitrogen and oxygen atoms in total. The Labute approximate surface area is 143 Å². The number of nitrogens with zero attached hydrogens (tertiary/aromatic N) is 2. The van der Waals surface area contributed by atoms with Crippen LogP contribution in [0, 0.1) is 0 Å². The molecular formula is C20H24N2O2. The van der Waals surface area contributed by atoms with E-state index in [1.807, 2.05) is 35.2 Å². The number of hydrogen-bond donors (Lipinski definition) is 0. The summed E-state index contributed by atoms with van der Waals surface area (Å²) < 4.78 is 5.31. The number of ether oxygens (including phenoxy) is 1. The molecule has 0 aliphatic carbocycles. The predicted molar refractivity (Wildman–Crippen MR) is 95.5 cm³/mol. The Bertz CT molecular complexity index is 664. The number of benzene rings is 2. The van der Waals surface area contributed by atoms with Crippen LogP contribution >= 0.6 is 0 Å². The van der Waals surface area contributed by atoms with E-state index >= 15 is 0 Å². The molecule has 1 fully saturated rings. The van der Waals surface area contributed by atoms with Gasteiger partial charge in [0.2, 0.25) is 0 Å². The predicted octanol–water partition coefficient (Wildman–Crippen LogP) is 2.70. The van der Waals surface area contributed by atoms with Gasteiger partial charge in [-0.25, -0.2) is 0 Å². The van der Waals surface area contributed by atoms with Gasteiger partial charge in [-0.3, -0.25) is 9.69 Å². The lowest BCUT2D eigenvalue weighted by Crippen LogP contribution is -2.49. The van der Waals surface area contributed by atoms with Crippen molar-refractivity contribution in [1.29, 1.82) is 0 Å². The molecule has 4 heteroatoms. The van der Waals surface area contributed by atoms with E-state index in [-0.39, 0.29) is 5.91 Å². The van der Waals surface area contributed by atoms with E-state index < -0.39 is 0 Å². The molecule has 1 amide bonds. The van der Waals surface area contributed by atoms with Crippen LogP contribution in [0.15, 0.2) is 54.6 Å². The number of carbonyl (C=O) groups is 1.